The summed E-state index contributed by atoms with van der Waals surface area (Å²) in [7, 11) is 0. The summed E-state index contributed by atoms with van der Waals surface area (Å²) in [5.41, 5.74) is 0. The molecule has 0 rings (SSSR count). The Bertz CT molecular complexity index is 41.2. The van der Waals surface area contributed by atoms with Crippen LogP contribution in [0.3, 0.4) is 0 Å². The standard InChI is InChI=1S/C3H7O3.Al.2H/c4-1-3(6)2-5;;;/h3-4,6H,1-2H2;;;/q-1;+1;;. The van der Waals surface area contributed by atoms with E-state index in [2.05, 4.69) is 3.79 Å². The maximum Gasteiger partial charge on any atom is 0.410 e. The van der Waals surface area contributed by atoms with E-state index in [0.29, 0.717) is 16.6 Å². The van der Waals surface area contributed by atoms with Crippen molar-refractivity contribution in [2.45, 2.75) is 6.10 Å². The molecule has 0 aromatic carbocycles. The van der Waals surface area contributed by atoms with Crippen LogP contribution in [0.4, 0.5) is 0 Å². The summed E-state index contributed by atoms with van der Waals surface area (Å²) in [5, 5.41) is 16.7. The van der Waals surface area contributed by atoms with Gasteiger partial charge in [-0.3, -0.25) is 0 Å². The highest BCUT2D eigenvalue weighted by Gasteiger charge is 1.95. The molecule has 7 heavy (non-hydrogen) atoms. The molecule has 3 nitrogen and oxygen atoms in total. The van der Waals surface area contributed by atoms with Crippen LogP contribution in [-0.2, 0) is 3.79 Å². The monoisotopic (exact) mass is 120 g/mol. The van der Waals surface area contributed by atoms with E-state index < -0.39 is 6.10 Å². The van der Waals surface area contributed by atoms with Crippen molar-refractivity contribution in [3.63, 3.8) is 0 Å². The minimum Gasteiger partial charge on any atom is -0.504 e. The number of hydrogen-bond acceptors (Lipinski definition) is 3. The van der Waals surface area contributed by atoms with Gasteiger partial charge in [0.15, 0.2) is 0 Å². The average Bonchev–Trinajstić information content (AvgIpc) is 1.68. The van der Waals surface area contributed by atoms with Crippen LogP contribution in [0, 0.1) is 0 Å². The van der Waals surface area contributed by atoms with Gasteiger partial charge < -0.3 is 14.0 Å². The predicted molar refractivity (Wildman–Crippen MR) is 27.6 cm³/mol. The fourth-order valence-corrected chi connectivity index (χ4v) is 0.630. The lowest BCUT2D eigenvalue weighted by Crippen LogP contribution is -2.18. The normalized spacial score (nSPS) is 14.0. The molecule has 2 N–H and O–H groups in total. The van der Waals surface area contributed by atoms with Crippen molar-refractivity contribution in [2.75, 3.05) is 13.2 Å². The molecule has 0 aliphatic heterocycles. The van der Waals surface area contributed by atoms with E-state index in [0.717, 1.165) is 0 Å². The molecule has 0 heterocycles. The molecule has 0 bridgehead atoms. The minimum absolute atomic E-state index is 0.206. The lowest BCUT2D eigenvalue weighted by Gasteiger charge is -2.03. The van der Waals surface area contributed by atoms with Crippen LogP contribution in [0.1, 0.15) is 0 Å². The average molecular weight is 120 g/mol. The fraction of sp³-hybridized carbons (Fsp3) is 1.00. The van der Waals surface area contributed by atoms with Gasteiger partial charge in [0.05, 0.1) is 12.7 Å². The van der Waals surface area contributed by atoms with Gasteiger partial charge in [-0.05, 0) is 0 Å². The van der Waals surface area contributed by atoms with E-state index in [1.165, 1.54) is 0 Å². The molecule has 0 saturated carbocycles. The molecule has 4 heteroatoms. The molecule has 1 unspecified atom stereocenters. The molecule has 42 valence electrons. The topological polar surface area (TPSA) is 49.7 Å². The Morgan fingerprint density at radius 1 is 1.71 bits per heavy atom. The molecule has 0 aromatic heterocycles. The fourth-order valence-electron chi connectivity index (χ4n) is 0.245. The number of aliphatic hydroxyl groups excluding tert-OH is 2. The van der Waals surface area contributed by atoms with Crippen LogP contribution in [0.5, 0.6) is 0 Å². The summed E-state index contributed by atoms with van der Waals surface area (Å²) in [6.45, 7) is 0.0605. The predicted octanol–water partition coefficient (Wildman–Crippen LogP) is -2.10. The number of hydrogen-bond donors (Lipinski definition) is 2. The Morgan fingerprint density at radius 2 is 2.29 bits per heavy atom. The first-order chi connectivity index (χ1) is 3.31. The molecule has 1 atom stereocenters. The summed E-state index contributed by atoms with van der Waals surface area (Å²) in [4.78, 5) is 0. The molecule has 0 radical (unpaired) electrons. The third kappa shape index (κ3) is 4.26. The lowest BCUT2D eigenvalue weighted by molar-refractivity contribution is 0.0565. The van der Waals surface area contributed by atoms with E-state index in [4.69, 9.17) is 10.2 Å². The first-order valence-electron chi connectivity index (χ1n) is 2.09. The maximum absolute atomic E-state index is 8.51. The van der Waals surface area contributed by atoms with Gasteiger partial charge in [0.25, 0.3) is 0 Å². The van der Waals surface area contributed by atoms with Crippen LogP contribution < -0.4 is 0 Å². The van der Waals surface area contributed by atoms with Crippen molar-refractivity contribution < 1.29 is 14.0 Å². The van der Waals surface area contributed by atoms with Crippen molar-refractivity contribution in [2.24, 2.45) is 0 Å². The second-order valence-corrected chi connectivity index (χ2v) is 1.87. The van der Waals surface area contributed by atoms with Gasteiger partial charge in [0.2, 0.25) is 0 Å². The van der Waals surface area contributed by atoms with Crippen LogP contribution in [0.15, 0.2) is 0 Å². The zero-order chi connectivity index (χ0) is 5.70. The molecule has 0 fully saturated rings. The van der Waals surface area contributed by atoms with Crippen molar-refractivity contribution in [1.82, 2.24) is 0 Å². The highest BCUT2D eigenvalue weighted by atomic mass is 27.1. The Balaban J connectivity index is 2.83. The smallest absolute Gasteiger partial charge is 0.410 e. The van der Waals surface area contributed by atoms with E-state index in [1.54, 1.807) is 0 Å². The first kappa shape index (κ1) is 7.41. The van der Waals surface area contributed by atoms with Crippen LogP contribution in [-0.4, -0.2) is 46.2 Å². The highest BCUT2D eigenvalue weighted by molar-refractivity contribution is 5.97. The van der Waals surface area contributed by atoms with Crippen molar-refractivity contribution in [3.8, 4) is 0 Å². The minimum atomic E-state index is -0.683. The second kappa shape index (κ2) is 4.57. The summed E-state index contributed by atoms with van der Waals surface area (Å²) in [5.74, 6) is 0. The van der Waals surface area contributed by atoms with Crippen molar-refractivity contribution in [3.05, 3.63) is 0 Å². The molecule has 0 aromatic rings. The number of rotatable bonds is 3. The SMILES string of the molecule is OCC(O)C[O][AlH2]. The Labute approximate surface area is 50.7 Å². The molecule has 0 spiro atoms. The van der Waals surface area contributed by atoms with E-state index in [9.17, 15) is 0 Å². The van der Waals surface area contributed by atoms with Crippen LogP contribution in [0.2, 0.25) is 0 Å². The van der Waals surface area contributed by atoms with Crippen LogP contribution >= 0.6 is 0 Å². The van der Waals surface area contributed by atoms with E-state index in [1.807, 2.05) is 0 Å². The van der Waals surface area contributed by atoms with Crippen LogP contribution in [0.25, 0.3) is 0 Å². The third-order valence-electron chi connectivity index (χ3n) is 0.570. The van der Waals surface area contributed by atoms with Gasteiger partial charge in [-0.2, -0.15) is 0 Å². The second-order valence-electron chi connectivity index (χ2n) is 1.29. The lowest BCUT2D eigenvalue weighted by atomic mass is 10.4. The molecule has 0 amide bonds. The number of aliphatic hydroxyl groups is 2. The summed E-state index contributed by atoms with van der Waals surface area (Å²) < 4.78 is 4.62. The quantitative estimate of drug-likeness (QED) is 0.420. The summed E-state index contributed by atoms with van der Waals surface area (Å²) >= 11 is 0.620. The molecule has 0 aliphatic rings. The van der Waals surface area contributed by atoms with E-state index >= 15 is 0 Å². The Kier molecular flexibility index (Phi) is 4.84. The molecule has 0 aliphatic carbocycles. The Morgan fingerprint density at radius 3 is 2.43 bits per heavy atom. The largest absolute Gasteiger partial charge is 0.504 e. The maximum atomic E-state index is 8.51. The molecular formula is C3H9AlO3. The van der Waals surface area contributed by atoms with Crippen molar-refractivity contribution in [1.29, 1.82) is 0 Å². The van der Waals surface area contributed by atoms with Gasteiger partial charge in [0.1, 0.15) is 0 Å². The molecule has 0 saturated heterocycles. The van der Waals surface area contributed by atoms with Gasteiger partial charge in [-0.15, -0.1) is 0 Å². The Hall–Kier alpha value is 0.412. The highest BCUT2D eigenvalue weighted by Crippen LogP contribution is 1.77. The summed E-state index contributed by atoms with van der Waals surface area (Å²) in [6.07, 6.45) is -0.683. The third-order valence-corrected chi connectivity index (χ3v) is 0.903. The van der Waals surface area contributed by atoms with Crippen molar-refractivity contribution >= 4 is 16.6 Å². The van der Waals surface area contributed by atoms with Gasteiger partial charge in [-0.25, -0.2) is 0 Å². The van der Waals surface area contributed by atoms with Gasteiger partial charge in [0, 0.05) is 6.61 Å². The zero-order valence-corrected chi connectivity index (χ0v) is 6.29. The van der Waals surface area contributed by atoms with E-state index in [-0.39, 0.29) is 13.2 Å². The van der Waals surface area contributed by atoms with Gasteiger partial charge >= 0.3 is 16.6 Å². The molecular weight excluding hydrogens is 111 g/mol. The summed E-state index contributed by atoms with van der Waals surface area (Å²) in [6, 6.07) is 0. The van der Waals surface area contributed by atoms with Gasteiger partial charge in [-0.1, -0.05) is 0 Å². The zero-order valence-electron chi connectivity index (χ0n) is 4.29. The first-order valence-corrected chi connectivity index (χ1v) is 2.90.